The topological polar surface area (TPSA) is 71.1 Å². The lowest BCUT2D eigenvalue weighted by molar-refractivity contribution is -0.161. The van der Waals surface area contributed by atoms with Crippen LogP contribution in [-0.4, -0.2) is 86.8 Å². The van der Waals surface area contributed by atoms with Crippen LogP contribution in [-0.2, 0) is 19.1 Å². The molecule has 1 rings (SSSR count). The molecule has 0 amide bonds. The van der Waals surface area contributed by atoms with Crippen LogP contribution in [0.25, 0.3) is 0 Å². The average Bonchev–Trinajstić information content (AvgIpc) is 3.22. The molecule has 0 saturated carbocycles. The summed E-state index contributed by atoms with van der Waals surface area (Å²) in [6.07, 6.45) is 37.6. The van der Waals surface area contributed by atoms with E-state index < -0.39 is 10.8 Å². The highest BCUT2D eigenvalue weighted by Gasteiger charge is 2.31. The molecule has 350 valence electrons. The number of rotatable bonds is 42. The van der Waals surface area contributed by atoms with Crippen molar-refractivity contribution in [2.75, 3.05) is 59.0 Å². The molecule has 1 aliphatic rings. The van der Waals surface area contributed by atoms with Gasteiger partial charge in [-0.25, -0.2) is 0 Å². The number of piperazine rings is 1. The zero-order chi connectivity index (χ0) is 43.3. The van der Waals surface area contributed by atoms with Crippen LogP contribution in [0.3, 0.4) is 0 Å². The first-order chi connectivity index (χ1) is 28.6. The second kappa shape index (κ2) is 37.4. The second-order valence-corrected chi connectivity index (χ2v) is 19.9. The largest absolute Gasteiger partial charge is 0.465 e. The Balaban J connectivity index is 2.46. The van der Waals surface area contributed by atoms with E-state index in [0.29, 0.717) is 6.61 Å². The fraction of sp³-hybridized carbons (Fsp3) is 0.962. The third-order valence-electron chi connectivity index (χ3n) is 13.1. The number of hydrogen-bond acceptors (Lipinski definition) is 7. The van der Waals surface area contributed by atoms with Crippen LogP contribution in [0, 0.1) is 10.8 Å². The molecule has 7 nitrogen and oxygen atoms in total. The summed E-state index contributed by atoms with van der Waals surface area (Å²) in [4.78, 5) is 31.8. The van der Waals surface area contributed by atoms with E-state index in [9.17, 15) is 9.59 Å². The first-order valence-electron chi connectivity index (χ1n) is 26.1. The van der Waals surface area contributed by atoms with Crippen molar-refractivity contribution >= 4 is 11.9 Å². The van der Waals surface area contributed by atoms with Crippen LogP contribution in [0.2, 0.25) is 0 Å². The predicted octanol–water partition coefficient (Wildman–Crippen LogP) is 13.9. The van der Waals surface area contributed by atoms with Crippen molar-refractivity contribution < 1.29 is 19.1 Å². The molecule has 0 unspecified atom stereocenters. The highest BCUT2D eigenvalue weighted by molar-refractivity contribution is 5.76. The lowest BCUT2D eigenvalue weighted by Gasteiger charge is -2.31. The minimum absolute atomic E-state index is 0.0220. The molecule has 1 saturated heterocycles. The van der Waals surface area contributed by atoms with Crippen LogP contribution in [0.4, 0.5) is 0 Å². The maximum atomic E-state index is 13.5. The molecular formula is C52H103N3O4. The lowest BCUT2D eigenvalue weighted by Crippen LogP contribution is -2.46. The van der Waals surface area contributed by atoms with Gasteiger partial charge in [0.15, 0.2) is 0 Å². The number of nitrogens with one attached hydrogen (secondary N) is 1. The minimum atomic E-state index is -0.427. The first-order valence-corrected chi connectivity index (χ1v) is 26.1. The van der Waals surface area contributed by atoms with Gasteiger partial charge in [-0.15, -0.1) is 0 Å². The molecule has 0 spiro atoms. The normalized spacial score (nSPS) is 14.1. The van der Waals surface area contributed by atoms with Crippen LogP contribution < -0.4 is 5.32 Å². The number of carbonyl (C=O) groups is 2. The number of esters is 2. The van der Waals surface area contributed by atoms with Crippen molar-refractivity contribution in [2.45, 2.75) is 254 Å². The molecule has 7 heteroatoms. The number of carbonyl (C=O) groups excluding carboxylic acids is 2. The van der Waals surface area contributed by atoms with Crippen molar-refractivity contribution in [3.8, 4) is 0 Å². The quantitative estimate of drug-likeness (QED) is 0.0485. The van der Waals surface area contributed by atoms with Gasteiger partial charge in [0.25, 0.3) is 0 Å². The molecular weight excluding hydrogens is 731 g/mol. The summed E-state index contributed by atoms with van der Waals surface area (Å²) >= 11 is 0. The zero-order valence-corrected chi connectivity index (χ0v) is 40.9. The predicted molar refractivity (Wildman–Crippen MR) is 254 cm³/mol. The highest BCUT2D eigenvalue weighted by Crippen LogP contribution is 2.29. The van der Waals surface area contributed by atoms with Gasteiger partial charge < -0.3 is 19.7 Å². The summed E-state index contributed by atoms with van der Waals surface area (Å²) in [5.74, 6) is -0.000911. The summed E-state index contributed by atoms with van der Waals surface area (Å²) in [5.41, 5.74) is -0.850. The Morgan fingerprint density at radius 2 is 0.932 bits per heavy atom. The number of ether oxygens (including phenoxy) is 2. The standard InChI is InChI=1S/C52H103N3O4/c1-8-11-14-17-20-21-22-27-34-47-58-49(56)51(4,5)38-31-33-42-54(45-46-55-43-39-53-40-44-55)41-32-26-25-30-37-52(6,7)50(57)59-48(35-28-23-18-15-12-9-2)36-29-24-19-16-13-10-3/h48,53H,8-47H2,1-7H3. The third kappa shape index (κ3) is 31.3. The molecule has 59 heavy (non-hydrogen) atoms. The maximum Gasteiger partial charge on any atom is 0.311 e. The fourth-order valence-corrected chi connectivity index (χ4v) is 8.57. The van der Waals surface area contributed by atoms with Crippen LogP contribution in [0.15, 0.2) is 0 Å². The van der Waals surface area contributed by atoms with Crippen molar-refractivity contribution in [1.29, 1.82) is 0 Å². The van der Waals surface area contributed by atoms with Gasteiger partial charge in [0.1, 0.15) is 6.10 Å². The highest BCUT2D eigenvalue weighted by atomic mass is 16.5. The Morgan fingerprint density at radius 1 is 0.525 bits per heavy atom. The van der Waals surface area contributed by atoms with Gasteiger partial charge in [0.05, 0.1) is 17.4 Å². The Kier molecular flexibility index (Phi) is 35.4. The van der Waals surface area contributed by atoms with Crippen molar-refractivity contribution in [3.05, 3.63) is 0 Å². The molecule has 0 aromatic carbocycles. The molecule has 0 bridgehead atoms. The van der Waals surface area contributed by atoms with Gasteiger partial charge >= 0.3 is 11.9 Å². The Bertz CT molecular complexity index is 950. The van der Waals surface area contributed by atoms with Crippen LogP contribution >= 0.6 is 0 Å². The number of unbranched alkanes of at least 4 members (excludes halogenated alkanes) is 22. The SMILES string of the molecule is CCCCCCCCCCCOC(=O)C(C)(C)CCCCN(CCCCCCC(C)(C)C(=O)OC(CCCCCCCC)CCCCCCCC)CCN1CCNCC1. The van der Waals surface area contributed by atoms with E-state index in [2.05, 4.69) is 63.6 Å². The Hall–Kier alpha value is -1.18. The van der Waals surface area contributed by atoms with E-state index in [4.69, 9.17) is 9.47 Å². The summed E-state index contributed by atoms with van der Waals surface area (Å²) in [6.45, 7) is 24.7. The van der Waals surface area contributed by atoms with E-state index in [1.165, 1.54) is 135 Å². The maximum absolute atomic E-state index is 13.5. The summed E-state index contributed by atoms with van der Waals surface area (Å²) in [5, 5.41) is 3.49. The number of nitrogens with zero attached hydrogens (tertiary/aromatic N) is 2. The van der Waals surface area contributed by atoms with E-state index in [-0.39, 0.29) is 18.0 Å². The van der Waals surface area contributed by atoms with E-state index in [1.54, 1.807) is 0 Å². The van der Waals surface area contributed by atoms with Gasteiger partial charge in [-0.1, -0.05) is 162 Å². The van der Waals surface area contributed by atoms with Gasteiger partial charge in [0.2, 0.25) is 0 Å². The molecule has 0 aromatic rings. The van der Waals surface area contributed by atoms with Gasteiger partial charge in [-0.2, -0.15) is 0 Å². The summed E-state index contributed by atoms with van der Waals surface area (Å²) in [6, 6.07) is 0. The van der Waals surface area contributed by atoms with E-state index >= 15 is 0 Å². The monoisotopic (exact) mass is 834 g/mol. The van der Waals surface area contributed by atoms with Gasteiger partial charge in [0, 0.05) is 39.3 Å². The van der Waals surface area contributed by atoms with E-state index in [1.807, 2.05) is 0 Å². The molecule has 0 atom stereocenters. The van der Waals surface area contributed by atoms with Gasteiger partial charge in [-0.05, 0) is 98.6 Å². The van der Waals surface area contributed by atoms with Gasteiger partial charge in [-0.3, -0.25) is 14.5 Å². The smallest absolute Gasteiger partial charge is 0.311 e. The second-order valence-electron chi connectivity index (χ2n) is 19.9. The van der Waals surface area contributed by atoms with Crippen molar-refractivity contribution in [3.63, 3.8) is 0 Å². The number of hydrogen-bond donors (Lipinski definition) is 1. The molecule has 0 aromatic heterocycles. The van der Waals surface area contributed by atoms with Crippen LogP contribution in [0.5, 0.6) is 0 Å². The fourth-order valence-electron chi connectivity index (χ4n) is 8.57. The summed E-state index contributed by atoms with van der Waals surface area (Å²) < 4.78 is 12.1. The molecule has 1 fully saturated rings. The molecule has 0 aliphatic carbocycles. The molecule has 1 heterocycles. The molecule has 0 radical (unpaired) electrons. The third-order valence-corrected chi connectivity index (χ3v) is 13.1. The molecule has 1 aliphatic heterocycles. The summed E-state index contributed by atoms with van der Waals surface area (Å²) in [7, 11) is 0. The lowest BCUT2D eigenvalue weighted by atomic mass is 9.86. The zero-order valence-electron chi connectivity index (χ0n) is 40.9. The Morgan fingerprint density at radius 3 is 1.46 bits per heavy atom. The van der Waals surface area contributed by atoms with Crippen LogP contribution in [0.1, 0.15) is 248 Å². The Labute approximate surface area is 368 Å². The minimum Gasteiger partial charge on any atom is -0.465 e. The van der Waals surface area contributed by atoms with Crippen molar-refractivity contribution in [2.24, 2.45) is 10.8 Å². The average molecular weight is 834 g/mol. The van der Waals surface area contributed by atoms with E-state index in [0.717, 1.165) is 117 Å². The molecule has 1 N–H and O–H groups in total. The first kappa shape index (κ1) is 55.8. The van der Waals surface area contributed by atoms with Crippen molar-refractivity contribution in [1.82, 2.24) is 15.1 Å².